The van der Waals surface area contributed by atoms with Crippen molar-refractivity contribution in [3.8, 4) is 0 Å². The molecule has 2 atom stereocenters. The second-order valence-corrected chi connectivity index (χ2v) is 6.08. The summed E-state index contributed by atoms with van der Waals surface area (Å²) in [5.41, 5.74) is -3.15. The van der Waals surface area contributed by atoms with Crippen LogP contribution in [0.3, 0.4) is 0 Å². The van der Waals surface area contributed by atoms with Gasteiger partial charge in [-0.15, -0.1) is 0 Å². The van der Waals surface area contributed by atoms with E-state index in [4.69, 9.17) is 4.74 Å². The number of hydrogen-bond acceptors (Lipinski definition) is 5. The van der Waals surface area contributed by atoms with E-state index in [9.17, 15) is 29.4 Å². The molecule has 0 radical (unpaired) electrons. The number of ether oxygens (including phenoxy) is 1. The Morgan fingerprint density at radius 2 is 1.55 bits per heavy atom. The molecule has 0 rings (SSSR count). The van der Waals surface area contributed by atoms with Crippen LogP contribution in [0.1, 0.15) is 41.0 Å². The van der Waals surface area contributed by atoms with E-state index >= 15 is 0 Å². The largest absolute Gasteiger partial charge is 0.481 e. The number of aliphatic carboxylic acids is 2. The summed E-state index contributed by atoms with van der Waals surface area (Å²) in [5, 5.41) is 18.7. The Labute approximate surface area is 129 Å². The topological polar surface area (TPSA) is 121 Å². The third-order valence-electron chi connectivity index (χ3n) is 3.28. The van der Waals surface area contributed by atoms with Crippen molar-refractivity contribution in [1.82, 2.24) is 4.90 Å². The lowest BCUT2D eigenvalue weighted by Gasteiger charge is -2.38. The Hall–Kier alpha value is -2.12. The highest BCUT2D eigenvalue weighted by atomic mass is 16.6. The number of carboxylic acid groups (broad SMARTS) is 2. The molecule has 2 N–H and O–H groups in total. The van der Waals surface area contributed by atoms with E-state index < -0.39 is 40.9 Å². The van der Waals surface area contributed by atoms with Crippen LogP contribution in [0, 0.1) is 5.92 Å². The highest BCUT2D eigenvalue weighted by molar-refractivity contribution is 6.05. The summed E-state index contributed by atoms with van der Waals surface area (Å²) < 4.78 is 5.06. The van der Waals surface area contributed by atoms with Crippen molar-refractivity contribution >= 4 is 23.8 Å². The zero-order chi connectivity index (χ0) is 17.9. The fourth-order valence-corrected chi connectivity index (χ4v) is 1.88. The fraction of sp³-hybridized carbons (Fsp3) is 0.714. The van der Waals surface area contributed by atoms with Gasteiger partial charge in [0.1, 0.15) is 17.3 Å². The number of Topliss-reactive ketones (excluding diaryl/α,β-unsaturated/α-hetero) is 1. The molecule has 0 aliphatic heterocycles. The SMILES string of the molecule is CCC(=O)[C@H](C(=O)O)[C@@](C)(C(=O)O)N(C)C(=O)OC(C)(C)C. The van der Waals surface area contributed by atoms with Crippen LogP contribution in [0.2, 0.25) is 0 Å². The predicted molar refractivity (Wildman–Crippen MR) is 76.5 cm³/mol. The van der Waals surface area contributed by atoms with Gasteiger partial charge in [-0.25, -0.2) is 9.59 Å². The number of rotatable bonds is 6. The summed E-state index contributed by atoms with van der Waals surface area (Å²) in [5.74, 6) is -5.89. The first kappa shape index (κ1) is 19.9. The van der Waals surface area contributed by atoms with Crippen molar-refractivity contribution in [2.24, 2.45) is 5.92 Å². The molecular weight excluding hydrogens is 294 g/mol. The summed E-state index contributed by atoms with van der Waals surface area (Å²) in [4.78, 5) is 47.7. The van der Waals surface area contributed by atoms with E-state index in [1.165, 1.54) is 6.92 Å². The number of amides is 1. The van der Waals surface area contributed by atoms with Gasteiger partial charge < -0.3 is 14.9 Å². The Morgan fingerprint density at radius 1 is 1.09 bits per heavy atom. The van der Waals surface area contributed by atoms with Gasteiger partial charge in [-0.3, -0.25) is 14.5 Å². The third-order valence-corrected chi connectivity index (χ3v) is 3.28. The number of hydrogen-bond donors (Lipinski definition) is 2. The normalized spacial score (nSPS) is 15.4. The number of likely N-dealkylation sites (N-methyl/N-ethyl adjacent to an activating group) is 1. The highest BCUT2D eigenvalue weighted by Crippen LogP contribution is 2.28. The number of ketones is 1. The van der Waals surface area contributed by atoms with Crippen molar-refractivity contribution in [2.75, 3.05) is 7.05 Å². The second kappa shape index (κ2) is 6.76. The highest BCUT2D eigenvalue weighted by Gasteiger charge is 2.54. The predicted octanol–water partition coefficient (Wildman–Crippen LogP) is 1.38. The summed E-state index contributed by atoms with van der Waals surface area (Å²) in [6, 6.07) is 0. The molecule has 0 spiro atoms. The molecule has 0 heterocycles. The van der Waals surface area contributed by atoms with Crippen LogP contribution in [0.4, 0.5) is 4.79 Å². The molecule has 126 valence electrons. The van der Waals surface area contributed by atoms with Crippen molar-refractivity contribution in [1.29, 1.82) is 0 Å². The standard InChI is InChI=1S/C14H23NO7/c1-7-8(16)9(10(17)18)14(5,11(19)20)15(6)12(21)22-13(2,3)4/h9H,7H2,1-6H3,(H,17,18)(H,19,20)/t9-,14+/m1/s1. The Kier molecular flexibility index (Phi) is 6.11. The van der Waals surface area contributed by atoms with E-state index in [0.717, 1.165) is 14.0 Å². The smallest absolute Gasteiger partial charge is 0.411 e. The first-order valence-corrected chi connectivity index (χ1v) is 6.74. The zero-order valence-electron chi connectivity index (χ0n) is 13.7. The van der Waals surface area contributed by atoms with Gasteiger partial charge in [-0.1, -0.05) is 6.92 Å². The minimum Gasteiger partial charge on any atom is -0.481 e. The molecule has 1 amide bonds. The third kappa shape index (κ3) is 4.19. The van der Waals surface area contributed by atoms with E-state index in [0.29, 0.717) is 4.90 Å². The fourth-order valence-electron chi connectivity index (χ4n) is 1.88. The molecule has 8 heteroatoms. The molecule has 8 nitrogen and oxygen atoms in total. The number of carboxylic acids is 2. The average Bonchev–Trinajstić information content (AvgIpc) is 2.34. The van der Waals surface area contributed by atoms with Crippen LogP contribution in [0.5, 0.6) is 0 Å². The van der Waals surface area contributed by atoms with E-state index in [1.54, 1.807) is 20.8 Å². The quantitative estimate of drug-likeness (QED) is 0.710. The van der Waals surface area contributed by atoms with Crippen molar-refractivity contribution in [3.05, 3.63) is 0 Å². The van der Waals surface area contributed by atoms with E-state index in [-0.39, 0.29) is 6.42 Å². The average molecular weight is 317 g/mol. The van der Waals surface area contributed by atoms with Gasteiger partial charge in [0.2, 0.25) is 0 Å². The molecule has 0 unspecified atom stereocenters. The molecule has 0 aliphatic carbocycles. The van der Waals surface area contributed by atoms with Crippen molar-refractivity contribution in [2.45, 2.75) is 52.2 Å². The van der Waals surface area contributed by atoms with Crippen LogP contribution in [0.15, 0.2) is 0 Å². The number of carbonyl (C=O) groups is 4. The van der Waals surface area contributed by atoms with Crippen LogP contribution in [-0.2, 0) is 19.1 Å². The molecule has 0 saturated carbocycles. The molecule has 0 aliphatic rings. The van der Waals surface area contributed by atoms with Crippen molar-refractivity contribution < 1.29 is 34.1 Å². The van der Waals surface area contributed by atoms with Gasteiger partial charge in [-0.05, 0) is 27.7 Å². The lowest BCUT2D eigenvalue weighted by atomic mass is 9.80. The molecule has 0 aromatic heterocycles. The lowest BCUT2D eigenvalue weighted by Crippen LogP contribution is -2.62. The molecular formula is C14H23NO7. The zero-order valence-corrected chi connectivity index (χ0v) is 13.7. The molecule has 0 aromatic rings. The maximum absolute atomic E-state index is 12.1. The Balaban J connectivity index is 5.85. The van der Waals surface area contributed by atoms with Crippen LogP contribution in [-0.4, -0.2) is 57.1 Å². The molecule has 22 heavy (non-hydrogen) atoms. The van der Waals surface area contributed by atoms with Gasteiger partial charge in [0.05, 0.1) is 0 Å². The first-order chi connectivity index (χ1) is 9.78. The molecule has 0 aromatic carbocycles. The molecule has 0 saturated heterocycles. The lowest BCUT2D eigenvalue weighted by molar-refractivity contribution is -0.166. The van der Waals surface area contributed by atoms with Gasteiger partial charge in [-0.2, -0.15) is 0 Å². The van der Waals surface area contributed by atoms with Crippen LogP contribution in [0.25, 0.3) is 0 Å². The monoisotopic (exact) mass is 317 g/mol. The Bertz CT molecular complexity index is 480. The number of carbonyl (C=O) groups excluding carboxylic acids is 2. The minimum absolute atomic E-state index is 0.165. The molecule has 0 fully saturated rings. The summed E-state index contributed by atoms with van der Waals surface area (Å²) in [6.07, 6.45) is -1.19. The van der Waals surface area contributed by atoms with Crippen molar-refractivity contribution in [3.63, 3.8) is 0 Å². The van der Waals surface area contributed by atoms with E-state index in [2.05, 4.69) is 0 Å². The first-order valence-electron chi connectivity index (χ1n) is 6.74. The maximum Gasteiger partial charge on any atom is 0.411 e. The van der Waals surface area contributed by atoms with Gasteiger partial charge in [0.25, 0.3) is 0 Å². The summed E-state index contributed by atoms with van der Waals surface area (Å²) >= 11 is 0. The van der Waals surface area contributed by atoms with Crippen LogP contribution >= 0.6 is 0 Å². The van der Waals surface area contributed by atoms with Crippen LogP contribution < -0.4 is 0 Å². The second-order valence-electron chi connectivity index (χ2n) is 6.08. The molecule has 0 bridgehead atoms. The summed E-state index contributed by atoms with van der Waals surface area (Å²) in [7, 11) is 1.10. The maximum atomic E-state index is 12.1. The summed E-state index contributed by atoms with van der Waals surface area (Å²) in [6.45, 7) is 7.20. The van der Waals surface area contributed by atoms with Gasteiger partial charge in [0, 0.05) is 13.5 Å². The number of nitrogens with zero attached hydrogens (tertiary/aromatic N) is 1. The van der Waals surface area contributed by atoms with Gasteiger partial charge in [0.15, 0.2) is 5.54 Å². The van der Waals surface area contributed by atoms with E-state index in [1.807, 2.05) is 0 Å². The van der Waals surface area contributed by atoms with Gasteiger partial charge >= 0.3 is 18.0 Å². The Morgan fingerprint density at radius 3 is 1.82 bits per heavy atom. The minimum atomic E-state index is -2.26.